The Labute approximate surface area is 104 Å². The van der Waals surface area contributed by atoms with Gasteiger partial charge in [0.2, 0.25) is 0 Å². The van der Waals surface area contributed by atoms with Crippen molar-refractivity contribution in [2.75, 3.05) is 7.11 Å². The summed E-state index contributed by atoms with van der Waals surface area (Å²) in [6, 6.07) is 1.55. The number of carbonyl (C=O) groups excluding carboxylic acids is 1. The maximum atomic E-state index is 11.2. The molecule has 0 radical (unpaired) electrons. The fraction of sp³-hybridized carbons (Fsp3) is 0.222. The molecule has 0 amide bonds. The van der Waals surface area contributed by atoms with E-state index in [0.717, 1.165) is 10.0 Å². The zero-order valence-corrected chi connectivity index (χ0v) is 11.3. The van der Waals surface area contributed by atoms with E-state index in [4.69, 9.17) is 0 Å². The topological polar surface area (TPSA) is 46.5 Å². The molecule has 0 saturated carbocycles. The van der Waals surface area contributed by atoms with Crippen LogP contribution in [-0.4, -0.2) is 18.2 Å². The molecule has 0 aromatic heterocycles. The molecule has 0 fully saturated rings. The van der Waals surface area contributed by atoms with Gasteiger partial charge in [0.15, 0.2) is 0 Å². The number of methoxy groups -OCH3 is 1. The number of rotatable bonds is 1. The molecular weight excluding hydrogens is 363 g/mol. The Hall–Kier alpha value is -0.300. The molecule has 0 aliphatic rings. The summed E-state index contributed by atoms with van der Waals surface area (Å²) in [5.41, 5.74) is 1.07. The van der Waals surface area contributed by atoms with Crippen LogP contribution in [0.2, 0.25) is 0 Å². The molecule has 0 aliphatic carbocycles. The smallest absolute Gasteiger partial charge is 0.341 e. The van der Waals surface area contributed by atoms with Gasteiger partial charge >= 0.3 is 5.97 Å². The van der Waals surface area contributed by atoms with E-state index >= 15 is 0 Å². The Kier molecular flexibility index (Phi) is 3.77. The summed E-state index contributed by atoms with van der Waals surface area (Å²) in [7, 11) is 1.28. The second-order valence-electron chi connectivity index (χ2n) is 2.69. The second kappa shape index (κ2) is 4.48. The Balaban J connectivity index is 3.40. The van der Waals surface area contributed by atoms with Crippen molar-refractivity contribution in [1.82, 2.24) is 0 Å². The van der Waals surface area contributed by atoms with Gasteiger partial charge in [-0.2, -0.15) is 0 Å². The van der Waals surface area contributed by atoms with Crippen LogP contribution in [0.5, 0.6) is 5.75 Å². The first-order valence-electron chi connectivity index (χ1n) is 3.75. The molecule has 0 unspecified atom stereocenters. The van der Waals surface area contributed by atoms with Crippen molar-refractivity contribution in [3.8, 4) is 5.75 Å². The number of carbonyl (C=O) groups is 1. The molecule has 1 rings (SSSR count). The third-order valence-corrected chi connectivity index (χ3v) is 3.97. The van der Waals surface area contributed by atoms with Gasteiger partial charge in [-0.3, -0.25) is 0 Å². The molecule has 1 aromatic carbocycles. The fourth-order valence-electron chi connectivity index (χ4n) is 0.970. The normalized spacial score (nSPS) is 10.0. The molecule has 1 N–H and O–H groups in total. The largest absolute Gasteiger partial charge is 0.506 e. The minimum absolute atomic E-state index is 0.0295. The number of aromatic hydroxyl groups is 1. The number of esters is 1. The minimum atomic E-state index is -0.541. The molecular formula is C9H8BrIO3. The van der Waals surface area contributed by atoms with E-state index in [1.54, 1.807) is 6.07 Å². The van der Waals surface area contributed by atoms with E-state index in [2.05, 4.69) is 20.7 Å². The van der Waals surface area contributed by atoms with E-state index in [1.807, 2.05) is 29.5 Å². The lowest BCUT2D eigenvalue weighted by atomic mass is 10.1. The first-order chi connectivity index (χ1) is 6.49. The van der Waals surface area contributed by atoms with Crippen LogP contribution in [0, 0.1) is 10.5 Å². The van der Waals surface area contributed by atoms with Gasteiger partial charge in [-0.15, -0.1) is 0 Å². The Morgan fingerprint density at radius 2 is 2.21 bits per heavy atom. The van der Waals surface area contributed by atoms with Gasteiger partial charge in [-0.25, -0.2) is 4.79 Å². The molecule has 0 spiro atoms. The maximum absolute atomic E-state index is 11.2. The van der Waals surface area contributed by atoms with Crippen molar-refractivity contribution in [3.05, 3.63) is 25.2 Å². The maximum Gasteiger partial charge on any atom is 0.341 e. The molecule has 3 nitrogen and oxygen atoms in total. The Bertz CT molecular complexity index is 390. The fourth-order valence-corrected chi connectivity index (χ4v) is 2.35. The number of benzene rings is 1. The molecule has 0 heterocycles. The first kappa shape index (κ1) is 11.8. The molecule has 0 atom stereocenters. The van der Waals surface area contributed by atoms with E-state index in [0.29, 0.717) is 3.57 Å². The SMILES string of the molecule is COC(=O)c1cc(Br)c(C)c(I)c1O. The predicted molar refractivity (Wildman–Crippen MR) is 64.6 cm³/mol. The summed E-state index contributed by atoms with van der Waals surface area (Å²) in [6.45, 7) is 1.85. The van der Waals surface area contributed by atoms with Crippen molar-refractivity contribution >= 4 is 44.5 Å². The number of hydrogen-bond donors (Lipinski definition) is 1. The number of phenolic OH excluding ortho intramolecular Hbond substituents is 1. The average Bonchev–Trinajstić information content (AvgIpc) is 2.19. The summed E-state index contributed by atoms with van der Waals surface area (Å²) < 4.78 is 5.97. The van der Waals surface area contributed by atoms with Crippen molar-refractivity contribution in [3.63, 3.8) is 0 Å². The van der Waals surface area contributed by atoms with Gasteiger partial charge in [0.25, 0.3) is 0 Å². The van der Waals surface area contributed by atoms with Crippen LogP contribution in [0.15, 0.2) is 10.5 Å². The predicted octanol–water partition coefficient (Wildman–Crippen LogP) is 2.85. The Morgan fingerprint density at radius 3 is 2.71 bits per heavy atom. The van der Waals surface area contributed by atoms with E-state index < -0.39 is 5.97 Å². The van der Waals surface area contributed by atoms with Crippen LogP contribution < -0.4 is 0 Å². The third-order valence-electron chi connectivity index (χ3n) is 1.83. The lowest BCUT2D eigenvalue weighted by Crippen LogP contribution is -2.03. The molecule has 14 heavy (non-hydrogen) atoms. The molecule has 0 aliphatic heterocycles. The highest BCUT2D eigenvalue weighted by atomic mass is 127. The number of phenols is 1. The van der Waals surface area contributed by atoms with Crippen molar-refractivity contribution in [1.29, 1.82) is 0 Å². The van der Waals surface area contributed by atoms with E-state index in [1.165, 1.54) is 7.11 Å². The average molecular weight is 371 g/mol. The summed E-state index contributed by atoms with van der Waals surface area (Å²) in [6.07, 6.45) is 0. The highest BCUT2D eigenvalue weighted by Crippen LogP contribution is 2.33. The summed E-state index contributed by atoms with van der Waals surface area (Å²) >= 11 is 5.29. The van der Waals surface area contributed by atoms with Crippen LogP contribution in [0.1, 0.15) is 15.9 Å². The van der Waals surface area contributed by atoms with Gasteiger partial charge in [-0.05, 0) is 41.1 Å². The highest BCUT2D eigenvalue weighted by Gasteiger charge is 2.17. The summed E-state index contributed by atoms with van der Waals surface area (Å²) in [5.74, 6) is -0.570. The van der Waals surface area contributed by atoms with Crippen molar-refractivity contribution in [2.45, 2.75) is 6.92 Å². The molecule has 0 bridgehead atoms. The van der Waals surface area contributed by atoms with E-state index in [9.17, 15) is 9.90 Å². The van der Waals surface area contributed by atoms with Crippen molar-refractivity contribution in [2.24, 2.45) is 0 Å². The summed E-state index contributed by atoms with van der Waals surface area (Å²) in [5, 5.41) is 9.68. The summed E-state index contributed by atoms with van der Waals surface area (Å²) in [4.78, 5) is 11.2. The highest BCUT2D eigenvalue weighted by molar-refractivity contribution is 14.1. The third kappa shape index (κ3) is 2.03. The Morgan fingerprint density at radius 1 is 1.64 bits per heavy atom. The second-order valence-corrected chi connectivity index (χ2v) is 4.62. The lowest BCUT2D eigenvalue weighted by Gasteiger charge is -2.08. The van der Waals surface area contributed by atoms with Crippen LogP contribution in [0.3, 0.4) is 0 Å². The lowest BCUT2D eigenvalue weighted by molar-refractivity contribution is 0.0597. The van der Waals surface area contributed by atoms with Gasteiger partial charge in [0, 0.05) is 4.47 Å². The number of hydrogen-bond acceptors (Lipinski definition) is 3. The quantitative estimate of drug-likeness (QED) is 0.610. The first-order valence-corrected chi connectivity index (χ1v) is 5.62. The zero-order chi connectivity index (χ0) is 10.9. The van der Waals surface area contributed by atoms with Gasteiger partial charge < -0.3 is 9.84 Å². The van der Waals surface area contributed by atoms with E-state index in [-0.39, 0.29) is 11.3 Å². The van der Waals surface area contributed by atoms with Gasteiger partial charge in [0.1, 0.15) is 11.3 Å². The van der Waals surface area contributed by atoms with Gasteiger partial charge in [0.05, 0.1) is 10.7 Å². The number of ether oxygens (including phenoxy) is 1. The monoisotopic (exact) mass is 370 g/mol. The molecule has 76 valence electrons. The van der Waals surface area contributed by atoms with Crippen LogP contribution >= 0.6 is 38.5 Å². The molecule has 5 heteroatoms. The van der Waals surface area contributed by atoms with Crippen LogP contribution in [0.25, 0.3) is 0 Å². The van der Waals surface area contributed by atoms with Crippen LogP contribution in [0.4, 0.5) is 0 Å². The van der Waals surface area contributed by atoms with Gasteiger partial charge in [-0.1, -0.05) is 15.9 Å². The number of halogens is 2. The van der Waals surface area contributed by atoms with Crippen molar-refractivity contribution < 1.29 is 14.6 Å². The van der Waals surface area contributed by atoms with Crippen LogP contribution in [-0.2, 0) is 4.74 Å². The standard InChI is InChI=1S/C9H8BrIO3/c1-4-6(10)3-5(9(13)14-2)8(12)7(4)11/h3,12H,1-2H3. The minimum Gasteiger partial charge on any atom is -0.506 e. The molecule has 1 aromatic rings. The zero-order valence-electron chi connectivity index (χ0n) is 7.60. The molecule has 0 saturated heterocycles.